The number of alkyl halides is 3. The van der Waals surface area contributed by atoms with Gasteiger partial charge in [-0.2, -0.15) is 24.9 Å². The molecule has 0 saturated heterocycles. The average Bonchev–Trinajstić information content (AvgIpc) is 3.29. The number of benzene rings is 3. The number of hydrogen-bond acceptors (Lipinski definition) is 6. The third-order valence-electron chi connectivity index (χ3n) is 6.17. The first-order valence-corrected chi connectivity index (χ1v) is 13.2. The maximum Gasteiger partial charge on any atom is 0.416 e. The van der Waals surface area contributed by atoms with Crippen molar-refractivity contribution in [3.63, 3.8) is 0 Å². The van der Waals surface area contributed by atoms with Crippen molar-refractivity contribution in [2.24, 2.45) is 0 Å². The second-order valence-electron chi connectivity index (χ2n) is 9.03. The van der Waals surface area contributed by atoms with Crippen LogP contribution >= 0.6 is 11.8 Å². The Bertz CT molecular complexity index is 1340. The van der Waals surface area contributed by atoms with Gasteiger partial charge in [0.1, 0.15) is 0 Å². The van der Waals surface area contributed by atoms with Gasteiger partial charge in [0, 0.05) is 23.5 Å². The number of aromatic nitrogens is 1. The van der Waals surface area contributed by atoms with E-state index in [9.17, 15) is 18.3 Å². The molecule has 9 heteroatoms. The second-order valence-corrected chi connectivity index (χ2v) is 10.1. The minimum absolute atomic E-state index is 0.267. The van der Waals surface area contributed by atoms with E-state index in [0.29, 0.717) is 34.8 Å². The van der Waals surface area contributed by atoms with E-state index in [1.807, 2.05) is 48.5 Å². The number of halogens is 3. The summed E-state index contributed by atoms with van der Waals surface area (Å²) in [5.74, 6) is 1.05. The zero-order chi connectivity index (χ0) is 27.3. The topological polar surface area (TPSA) is 86.7 Å². The zero-order valence-electron chi connectivity index (χ0n) is 20.7. The number of hydrogen-bond donors (Lipinski definition) is 3. The van der Waals surface area contributed by atoms with E-state index in [1.165, 1.54) is 17.8 Å². The molecule has 0 aliphatic carbocycles. The van der Waals surface area contributed by atoms with Crippen molar-refractivity contribution >= 4 is 11.8 Å². The smallest absolute Gasteiger partial charge is 0.387 e. The highest BCUT2D eigenvalue weighted by Crippen LogP contribution is 2.35. The highest BCUT2D eigenvalue weighted by Gasteiger charge is 2.30. The van der Waals surface area contributed by atoms with Gasteiger partial charge in [0.2, 0.25) is 0 Å². The van der Waals surface area contributed by atoms with E-state index >= 15 is 0 Å². The first-order valence-electron chi connectivity index (χ1n) is 12.1. The Hall–Kier alpha value is -3.11. The summed E-state index contributed by atoms with van der Waals surface area (Å²) < 4.78 is 44.4. The number of thioether (sulfide) groups is 1. The van der Waals surface area contributed by atoms with Gasteiger partial charge >= 0.3 is 6.18 Å². The summed E-state index contributed by atoms with van der Waals surface area (Å²) in [6.07, 6.45) is -5.76. The van der Waals surface area contributed by atoms with Crippen LogP contribution in [0, 0.1) is 6.92 Å². The highest BCUT2D eigenvalue weighted by atomic mass is 32.2. The predicted octanol–water partition coefficient (Wildman–Crippen LogP) is 6.55. The van der Waals surface area contributed by atoms with Gasteiger partial charge < -0.3 is 19.8 Å². The Morgan fingerprint density at radius 3 is 2.13 bits per heavy atom. The Balaban J connectivity index is 1.42. The van der Waals surface area contributed by atoms with Crippen LogP contribution in [0.1, 0.15) is 40.5 Å². The monoisotopic (exact) mass is 543 g/mol. The van der Waals surface area contributed by atoms with Crippen LogP contribution in [-0.4, -0.2) is 32.5 Å². The van der Waals surface area contributed by atoms with Gasteiger partial charge in [0.05, 0.1) is 22.9 Å². The number of aliphatic hydroxyl groups excluding tert-OH is 2. The summed E-state index contributed by atoms with van der Waals surface area (Å²) in [4.78, 5) is 0. The van der Waals surface area contributed by atoms with Crippen molar-refractivity contribution in [3.8, 4) is 22.5 Å². The maximum atomic E-state index is 13.0. The lowest BCUT2D eigenvalue weighted by Crippen LogP contribution is -2.05. The summed E-state index contributed by atoms with van der Waals surface area (Å²) in [6.45, 7) is 1.74. The molecule has 3 aromatic carbocycles. The van der Waals surface area contributed by atoms with Crippen LogP contribution in [-0.2, 0) is 18.3 Å². The Labute approximate surface area is 222 Å². The van der Waals surface area contributed by atoms with Crippen LogP contribution in [0.4, 0.5) is 13.2 Å². The van der Waals surface area contributed by atoms with Gasteiger partial charge in [-0.3, -0.25) is 0 Å². The third-order valence-corrected chi connectivity index (χ3v) is 7.25. The molecule has 5 nitrogen and oxygen atoms in total. The molecule has 0 unspecified atom stereocenters. The molecule has 0 aliphatic heterocycles. The van der Waals surface area contributed by atoms with Crippen LogP contribution < -0.4 is 0 Å². The number of aliphatic hydroxyl groups is 3. The third kappa shape index (κ3) is 7.05. The molecule has 3 N–H and O–H groups in total. The van der Waals surface area contributed by atoms with Gasteiger partial charge in [-0.25, -0.2) is 0 Å². The van der Waals surface area contributed by atoms with Crippen molar-refractivity contribution in [1.29, 1.82) is 0 Å². The molecule has 4 aromatic rings. The predicted molar refractivity (Wildman–Crippen MR) is 141 cm³/mol. The zero-order valence-corrected chi connectivity index (χ0v) is 21.5. The molecule has 1 atom stereocenters. The largest absolute Gasteiger partial charge is 0.416 e. The van der Waals surface area contributed by atoms with Crippen molar-refractivity contribution in [3.05, 3.63) is 101 Å². The summed E-state index contributed by atoms with van der Waals surface area (Å²) in [7, 11) is 0. The molecule has 0 amide bonds. The standard InChI is InChI=1S/C29H28F3NO4S/c1-18-27(25(34)17-38-16-20-3-2-4-24(15-20)29(30,31)32)28(37-33-18)23-12-10-22(11-13-23)21-8-5-19(6-9-21)7-14-26(35)36/h2-6,8-13,15,25-26,34-36H,7,14,16-17H2,1H3/t25-/m1/s1. The molecule has 1 heterocycles. The Morgan fingerprint density at radius 2 is 1.50 bits per heavy atom. The molecule has 0 radical (unpaired) electrons. The summed E-state index contributed by atoms with van der Waals surface area (Å²) in [5.41, 5.74) is 4.72. The van der Waals surface area contributed by atoms with Gasteiger partial charge in [-0.1, -0.05) is 71.9 Å². The quantitative estimate of drug-likeness (QED) is 0.197. The second kappa shape index (κ2) is 12.2. The van der Waals surface area contributed by atoms with E-state index in [2.05, 4.69) is 5.16 Å². The maximum absolute atomic E-state index is 13.0. The molecule has 0 bridgehead atoms. The molecule has 200 valence electrons. The first kappa shape index (κ1) is 27.9. The summed E-state index contributed by atoms with van der Waals surface area (Å²) >= 11 is 1.34. The number of nitrogens with zero attached hydrogens (tertiary/aromatic N) is 1. The molecule has 1 aromatic heterocycles. The molecule has 0 saturated carbocycles. The van der Waals surface area contributed by atoms with Crippen molar-refractivity contribution in [2.75, 3.05) is 5.75 Å². The van der Waals surface area contributed by atoms with Gasteiger partial charge in [0.25, 0.3) is 0 Å². The normalized spacial score (nSPS) is 12.7. The fourth-order valence-electron chi connectivity index (χ4n) is 4.16. The minimum Gasteiger partial charge on any atom is -0.387 e. The fourth-order valence-corrected chi connectivity index (χ4v) is 5.08. The number of rotatable bonds is 10. The Morgan fingerprint density at radius 1 is 0.868 bits per heavy atom. The van der Waals surface area contributed by atoms with Crippen molar-refractivity contribution < 1.29 is 33.0 Å². The van der Waals surface area contributed by atoms with Crippen LogP contribution in [0.2, 0.25) is 0 Å². The summed E-state index contributed by atoms with van der Waals surface area (Å²) in [5, 5.41) is 33.0. The van der Waals surface area contributed by atoms with Crippen LogP contribution in [0.5, 0.6) is 0 Å². The minimum atomic E-state index is -4.39. The van der Waals surface area contributed by atoms with Crippen LogP contribution in [0.3, 0.4) is 0 Å². The molecule has 0 aliphatic rings. The SMILES string of the molecule is Cc1noc(-c2ccc(-c3ccc(CCC(O)O)cc3)cc2)c1[C@H](O)CSCc1cccc(C(F)(F)F)c1. The Kier molecular flexibility index (Phi) is 8.94. The van der Waals surface area contributed by atoms with Crippen LogP contribution in [0.25, 0.3) is 22.5 Å². The van der Waals surface area contributed by atoms with Crippen LogP contribution in [0.15, 0.2) is 77.3 Å². The van der Waals surface area contributed by atoms with Gasteiger partial charge in [-0.15, -0.1) is 0 Å². The molecule has 4 rings (SSSR count). The van der Waals surface area contributed by atoms with Crippen molar-refractivity contribution in [2.45, 2.75) is 44.1 Å². The highest BCUT2D eigenvalue weighted by molar-refractivity contribution is 7.98. The van der Waals surface area contributed by atoms with Gasteiger partial charge in [-0.05, 0) is 41.7 Å². The van der Waals surface area contributed by atoms with E-state index in [-0.39, 0.29) is 12.2 Å². The summed E-state index contributed by atoms with van der Waals surface area (Å²) in [6, 6.07) is 20.7. The molecular weight excluding hydrogens is 515 g/mol. The van der Waals surface area contributed by atoms with E-state index in [4.69, 9.17) is 14.7 Å². The molecule has 0 fully saturated rings. The van der Waals surface area contributed by atoms with Gasteiger partial charge in [0.15, 0.2) is 12.1 Å². The fraction of sp³-hybridized carbons (Fsp3) is 0.276. The number of aryl methyl sites for hydroxylation is 2. The lowest BCUT2D eigenvalue weighted by molar-refractivity contribution is -0.137. The molecule has 0 spiro atoms. The van der Waals surface area contributed by atoms with E-state index < -0.39 is 24.1 Å². The molecule has 38 heavy (non-hydrogen) atoms. The lowest BCUT2D eigenvalue weighted by Gasteiger charge is -2.12. The first-order chi connectivity index (χ1) is 18.1. The van der Waals surface area contributed by atoms with E-state index in [1.54, 1.807) is 13.0 Å². The molecular formula is C29H28F3NO4S. The lowest BCUT2D eigenvalue weighted by atomic mass is 9.98. The van der Waals surface area contributed by atoms with E-state index in [0.717, 1.165) is 34.4 Å². The van der Waals surface area contributed by atoms with Crippen molar-refractivity contribution in [1.82, 2.24) is 5.16 Å². The average molecular weight is 544 g/mol.